The first-order valence-electron chi connectivity index (χ1n) is 6.30. The molecular formula is C15H31N. The molecule has 0 aromatic carbocycles. The van der Waals surface area contributed by atoms with Gasteiger partial charge in [-0.05, 0) is 32.8 Å². The molecule has 0 aromatic heterocycles. The molecule has 0 spiro atoms. The maximum Gasteiger partial charge on any atom is 0.0185 e. The molecule has 96 valence electrons. The number of hydrogen-bond donors (Lipinski definition) is 1. The molecular weight excluding hydrogens is 194 g/mol. The predicted molar refractivity (Wildman–Crippen MR) is 78.7 cm³/mol. The Bertz CT molecular complexity index is 199. The molecule has 16 heavy (non-hydrogen) atoms. The molecule has 0 atom stereocenters. The van der Waals surface area contributed by atoms with E-state index in [9.17, 15) is 0 Å². The molecule has 1 aliphatic rings. The summed E-state index contributed by atoms with van der Waals surface area (Å²) in [5.74, 6) is 0. The van der Waals surface area contributed by atoms with E-state index in [0.717, 1.165) is 13.0 Å². The average molecular weight is 225 g/mol. The SMILES string of the molecule is C=C(C)C1=C(C)NCC1.C=CC.CC.CC. The van der Waals surface area contributed by atoms with Crippen LogP contribution in [0, 0.1) is 0 Å². The van der Waals surface area contributed by atoms with E-state index in [4.69, 9.17) is 0 Å². The largest absolute Gasteiger partial charge is 0.388 e. The van der Waals surface area contributed by atoms with Gasteiger partial charge in [0.15, 0.2) is 0 Å². The van der Waals surface area contributed by atoms with Crippen molar-refractivity contribution >= 4 is 0 Å². The van der Waals surface area contributed by atoms with Crippen LogP contribution in [0.5, 0.6) is 0 Å². The maximum absolute atomic E-state index is 3.89. The Labute approximate surface area is 103 Å². The zero-order chi connectivity index (χ0) is 13.6. The van der Waals surface area contributed by atoms with Crippen LogP contribution in [-0.4, -0.2) is 6.54 Å². The normalized spacial score (nSPS) is 11.7. The molecule has 0 aromatic rings. The minimum absolute atomic E-state index is 1.09. The minimum Gasteiger partial charge on any atom is -0.388 e. The fourth-order valence-electron chi connectivity index (χ4n) is 1.20. The van der Waals surface area contributed by atoms with E-state index in [0.29, 0.717) is 0 Å². The molecule has 0 amide bonds. The van der Waals surface area contributed by atoms with Gasteiger partial charge in [-0.25, -0.2) is 0 Å². The lowest BCUT2D eigenvalue weighted by Crippen LogP contribution is -2.03. The van der Waals surface area contributed by atoms with Crippen LogP contribution >= 0.6 is 0 Å². The van der Waals surface area contributed by atoms with Crippen molar-refractivity contribution in [3.8, 4) is 0 Å². The summed E-state index contributed by atoms with van der Waals surface area (Å²) in [6.07, 6.45) is 2.90. The Morgan fingerprint density at radius 2 is 1.62 bits per heavy atom. The third kappa shape index (κ3) is 11.1. The lowest BCUT2D eigenvalue weighted by atomic mass is 10.1. The van der Waals surface area contributed by atoms with E-state index < -0.39 is 0 Å². The second kappa shape index (κ2) is 16.4. The van der Waals surface area contributed by atoms with E-state index in [1.165, 1.54) is 16.8 Å². The summed E-state index contributed by atoms with van der Waals surface area (Å²) in [5.41, 5.74) is 3.93. The van der Waals surface area contributed by atoms with Crippen LogP contribution in [0.25, 0.3) is 0 Å². The van der Waals surface area contributed by atoms with Gasteiger partial charge in [-0.1, -0.05) is 45.9 Å². The first-order valence-corrected chi connectivity index (χ1v) is 6.30. The first kappa shape index (κ1) is 20.4. The van der Waals surface area contributed by atoms with E-state index in [2.05, 4.69) is 32.3 Å². The van der Waals surface area contributed by atoms with Crippen molar-refractivity contribution in [2.45, 2.75) is 54.9 Å². The van der Waals surface area contributed by atoms with Crippen LogP contribution in [0.2, 0.25) is 0 Å². The molecule has 1 nitrogen and oxygen atoms in total. The monoisotopic (exact) mass is 225 g/mol. The molecule has 1 heteroatoms. The predicted octanol–water partition coefficient (Wildman–Crippen LogP) is 5.07. The number of allylic oxidation sites excluding steroid dienone is 3. The maximum atomic E-state index is 3.89. The lowest BCUT2D eigenvalue weighted by molar-refractivity contribution is 0.873. The molecule has 0 bridgehead atoms. The standard InChI is InChI=1S/C8H13N.C3H6.2C2H6/c1-6(2)8-4-5-9-7(8)3;1-3-2;2*1-2/h9H,1,4-5H2,2-3H3;3H,1H2,2H3;2*1-2H3. The van der Waals surface area contributed by atoms with Crippen molar-refractivity contribution in [2.75, 3.05) is 6.54 Å². The van der Waals surface area contributed by atoms with Crippen molar-refractivity contribution in [2.24, 2.45) is 0 Å². The highest BCUT2D eigenvalue weighted by Crippen LogP contribution is 2.18. The number of rotatable bonds is 1. The van der Waals surface area contributed by atoms with Gasteiger partial charge in [-0.3, -0.25) is 0 Å². The van der Waals surface area contributed by atoms with Gasteiger partial charge < -0.3 is 5.32 Å². The number of nitrogens with one attached hydrogen (secondary N) is 1. The second-order valence-electron chi connectivity index (χ2n) is 2.97. The third-order valence-electron chi connectivity index (χ3n) is 1.73. The van der Waals surface area contributed by atoms with Crippen LogP contribution < -0.4 is 5.32 Å². The molecule has 0 saturated heterocycles. The van der Waals surface area contributed by atoms with E-state index in [1.807, 2.05) is 34.6 Å². The van der Waals surface area contributed by atoms with Gasteiger partial charge in [0, 0.05) is 12.2 Å². The summed E-state index contributed by atoms with van der Waals surface area (Å²) in [6, 6.07) is 0. The molecule has 0 unspecified atom stereocenters. The molecule has 0 aliphatic carbocycles. The summed E-state index contributed by atoms with van der Waals surface area (Å²) in [4.78, 5) is 0. The van der Waals surface area contributed by atoms with Crippen LogP contribution in [-0.2, 0) is 0 Å². The highest BCUT2D eigenvalue weighted by molar-refractivity contribution is 5.33. The minimum atomic E-state index is 1.09. The molecule has 0 fully saturated rings. The molecule has 1 rings (SSSR count). The second-order valence-corrected chi connectivity index (χ2v) is 2.97. The molecule has 0 radical (unpaired) electrons. The third-order valence-corrected chi connectivity index (χ3v) is 1.73. The van der Waals surface area contributed by atoms with E-state index in [1.54, 1.807) is 6.08 Å². The fourth-order valence-corrected chi connectivity index (χ4v) is 1.20. The quantitative estimate of drug-likeness (QED) is 0.614. The molecule has 0 saturated carbocycles. The molecule has 1 aliphatic heterocycles. The number of hydrogen-bond acceptors (Lipinski definition) is 1. The Morgan fingerprint density at radius 1 is 1.25 bits per heavy atom. The fraction of sp³-hybridized carbons (Fsp3) is 0.600. The molecule has 1 N–H and O–H groups in total. The summed E-state index contributed by atoms with van der Waals surface area (Å²) in [6.45, 7) is 22.4. The first-order chi connectivity index (χ1) is 7.63. The van der Waals surface area contributed by atoms with Gasteiger partial charge in [0.2, 0.25) is 0 Å². The Balaban J connectivity index is -0.000000206. The van der Waals surface area contributed by atoms with Gasteiger partial charge >= 0.3 is 0 Å². The summed E-state index contributed by atoms with van der Waals surface area (Å²) in [7, 11) is 0. The van der Waals surface area contributed by atoms with Crippen LogP contribution in [0.4, 0.5) is 0 Å². The van der Waals surface area contributed by atoms with Gasteiger partial charge in [0.25, 0.3) is 0 Å². The van der Waals surface area contributed by atoms with Crippen molar-refractivity contribution < 1.29 is 0 Å². The van der Waals surface area contributed by atoms with Crippen molar-refractivity contribution in [1.29, 1.82) is 0 Å². The smallest absolute Gasteiger partial charge is 0.0185 e. The van der Waals surface area contributed by atoms with Crippen molar-refractivity contribution in [3.63, 3.8) is 0 Å². The van der Waals surface area contributed by atoms with Crippen LogP contribution in [0.1, 0.15) is 54.9 Å². The van der Waals surface area contributed by atoms with E-state index >= 15 is 0 Å². The zero-order valence-electron chi connectivity index (χ0n) is 12.4. The summed E-state index contributed by atoms with van der Waals surface area (Å²) < 4.78 is 0. The van der Waals surface area contributed by atoms with Gasteiger partial charge in [-0.15, -0.1) is 6.58 Å². The van der Waals surface area contributed by atoms with E-state index in [-0.39, 0.29) is 0 Å². The highest BCUT2D eigenvalue weighted by Gasteiger charge is 2.08. The Morgan fingerprint density at radius 3 is 1.75 bits per heavy atom. The summed E-state index contributed by atoms with van der Waals surface area (Å²) >= 11 is 0. The summed E-state index contributed by atoms with van der Waals surface area (Å²) in [5, 5.41) is 3.27. The van der Waals surface area contributed by atoms with Gasteiger partial charge in [0.1, 0.15) is 0 Å². The van der Waals surface area contributed by atoms with Crippen LogP contribution in [0.3, 0.4) is 0 Å². The van der Waals surface area contributed by atoms with Crippen LogP contribution in [0.15, 0.2) is 36.1 Å². The highest BCUT2D eigenvalue weighted by atomic mass is 14.9. The topological polar surface area (TPSA) is 12.0 Å². The van der Waals surface area contributed by atoms with Gasteiger partial charge in [0.05, 0.1) is 0 Å². The average Bonchev–Trinajstić information content (AvgIpc) is 2.71. The van der Waals surface area contributed by atoms with Gasteiger partial charge in [-0.2, -0.15) is 0 Å². The molecule has 1 heterocycles. The Hall–Kier alpha value is -0.980. The Kier molecular flexibility index (Phi) is 21.0. The van der Waals surface area contributed by atoms with Crippen molar-refractivity contribution in [3.05, 3.63) is 36.1 Å². The lowest BCUT2D eigenvalue weighted by Gasteiger charge is -1.98. The van der Waals surface area contributed by atoms with Crippen molar-refractivity contribution in [1.82, 2.24) is 5.32 Å². The zero-order valence-corrected chi connectivity index (χ0v) is 12.4.